The van der Waals surface area contributed by atoms with Crippen molar-refractivity contribution in [1.82, 2.24) is 10.3 Å². The number of ether oxygens (including phenoxy) is 1. The smallest absolute Gasteiger partial charge is 0.254 e. The molecule has 3 rings (SSSR count). The molecule has 152 valence electrons. The molecule has 1 aliphatic rings. The van der Waals surface area contributed by atoms with E-state index in [4.69, 9.17) is 15.6 Å². The number of amides is 2. The maximum absolute atomic E-state index is 13.2. The highest BCUT2D eigenvalue weighted by Gasteiger charge is 2.37. The average Bonchev–Trinajstić information content (AvgIpc) is 3.09. The molecule has 1 aromatic carbocycles. The Labute approximate surface area is 169 Å². The van der Waals surface area contributed by atoms with Crippen LogP contribution < -0.4 is 21.1 Å². The predicted molar refractivity (Wildman–Crippen MR) is 106 cm³/mol. The van der Waals surface area contributed by atoms with Crippen LogP contribution in [0.25, 0.3) is 0 Å². The van der Waals surface area contributed by atoms with Gasteiger partial charge < -0.3 is 26.2 Å². The molecule has 1 aliphatic heterocycles. The Bertz CT molecular complexity index is 925. The van der Waals surface area contributed by atoms with Crippen molar-refractivity contribution in [1.29, 1.82) is 0 Å². The van der Waals surface area contributed by atoms with Gasteiger partial charge in [0, 0.05) is 30.1 Å². The van der Waals surface area contributed by atoms with Gasteiger partial charge in [0.2, 0.25) is 11.9 Å². The molecule has 2 aromatic rings. The standard InChI is InChI=1S/C18H18FN5O4S/c19-13-9-12(5-6-22-13)28-18-23-14(15(20)26)17(29-18)24-16(27)10-1-3-11(4-2-10)21-7-8-25/h1-6,9,14,17,21,25H,7-8H2,(H2,20,26)(H,24,27). The topological polar surface area (TPSA) is 139 Å². The van der Waals surface area contributed by atoms with Crippen molar-refractivity contribution in [3.8, 4) is 5.75 Å². The largest absolute Gasteiger partial charge is 0.434 e. The van der Waals surface area contributed by atoms with Gasteiger partial charge in [0.25, 0.3) is 11.1 Å². The normalized spacial score (nSPS) is 18.1. The second kappa shape index (κ2) is 9.34. The number of benzene rings is 1. The number of aliphatic hydroxyl groups is 1. The zero-order valence-electron chi connectivity index (χ0n) is 15.0. The maximum atomic E-state index is 13.2. The highest BCUT2D eigenvalue weighted by molar-refractivity contribution is 8.14. The van der Waals surface area contributed by atoms with Crippen molar-refractivity contribution in [2.24, 2.45) is 10.7 Å². The fourth-order valence-electron chi connectivity index (χ4n) is 2.46. The van der Waals surface area contributed by atoms with Crippen LogP contribution in [0, 0.1) is 5.95 Å². The van der Waals surface area contributed by atoms with Crippen molar-refractivity contribution < 1.29 is 23.8 Å². The van der Waals surface area contributed by atoms with Crippen molar-refractivity contribution in [2.45, 2.75) is 11.4 Å². The number of halogens is 1. The van der Waals surface area contributed by atoms with Gasteiger partial charge in [0.05, 0.1) is 6.61 Å². The van der Waals surface area contributed by atoms with Gasteiger partial charge in [-0.1, -0.05) is 0 Å². The third-order valence-electron chi connectivity index (χ3n) is 3.82. The number of pyridine rings is 1. The number of aromatic nitrogens is 1. The Morgan fingerprint density at radius 1 is 1.28 bits per heavy atom. The highest BCUT2D eigenvalue weighted by atomic mass is 32.2. The number of thioether (sulfide) groups is 1. The number of carbonyl (C=O) groups excluding carboxylic acids is 2. The average molecular weight is 419 g/mol. The zero-order valence-corrected chi connectivity index (χ0v) is 15.9. The molecular formula is C18H18FN5O4S. The molecule has 9 nitrogen and oxygen atoms in total. The van der Waals surface area contributed by atoms with Crippen molar-refractivity contribution >= 4 is 34.5 Å². The summed E-state index contributed by atoms with van der Waals surface area (Å²) in [7, 11) is 0. The first-order chi connectivity index (χ1) is 14.0. The minimum Gasteiger partial charge on any atom is -0.434 e. The molecule has 29 heavy (non-hydrogen) atoms. The van der Waals surface area contributed by atoms with Gasteiger partial charge in [0.15, 0.2) is 6.04 Å². The number of nitrogens with two attached hydrogens (primary N) is 1. The Morgan fingerprint density at radius 3 is 2.69 bits per heavy atom. The van der Waals surface area contributed by atoms with E-state index >= 15 is 0 Å². The van der Waals surface area contributed by atoms with Crippen LogP contribution in [-0.4, -0.2) is 51.7 Å². The molecule has 0 radical (unpaired) electrons. The summed E-state index contributed by atoms with van der Waals surface area (Å²) in [6, 6.07) is 8.07. The second-order valence-electron chi connectivity index (χ2n) is 5.90. The van der Waals surface area contributed by atoms with E-state index in [9.17, 15) is 14.0 Å². The van der Waals surface area contributed by atoms with E-state index in [2.05, 4.69) is 20.6 Å². The van der Waals surface area contributed by atoms with Crippen molar-refractivity contribution in [3.63, 3.8) is 0 Å². The number of nitrogens with one attached hydrogen (secondary N) is 2. The van der Waals surface area contributed by atoms with Crippen LogP contribution >= 0.6 is 11.8 Å². The second-order valence-corrected chi connectivity index (χ2v) is 6.99. The first kappa shape index (κ1) is 20.6. The van der Waals surface area contributed by atoms with Crippen LogP contribution in [-0.2, 0) is 4.79 Å². The van der Waals surface area contributed by atoms with Gasteiger partial charge in [0.1, 0.15) is 11.1 Å². The molecule has 2 heterocycles. The summed E-state index contributed by atoms with van der Waals surface area (Å²) in [5, 5.41) is 13.8. The quantitative estimate of drug-likeness (QED) is 0.485. The fourth-order valence-corrected chi connectivity index (χ4v) is 3.48. The van der Waals surface area contributed by atoms with Crippen LogP contribution in [0.5, 0.6) is 5.75 Å². The van der Waals surface area contributed by atoms with Gasteiger partial charge >= 0.3 is 0 Å². The molecule has 0 bridgehead atoms. The number of aliphatic imine (C=N–C) groups is 1. The Morgan fingerprint density at radius 2 is 2.03 bits per heavy atom. The summed E-state index contributed by atoms with van der Waals surface area (Å²) in [4.78, 5) is 31.7. The molecule has 0 spiro atoms. The summed E-state index contributed by atoms with van der Waals surface area (Å²) in [5.41, 5.74) is 6.51. The number of anilines is 1. The van der Waals surface area contributed by atoms with Crippen LogP contribution in [0.1, 0.15) is 10.4 Å². The SMILES string of the molecule is NC(=O)C1N=C(Oc2ccnc(F)c2)SC1NC(=O)c1ccc(NCCO)cc1. The fraction of sp³-hybridized carbons (Fsp3) is 0.222. The lowest BCUT2D eigenvalue weighted by Gasteiger charge is -2.16. The molecule has 11 heteroatoms. The number of hydrogen-bond donors (Lipinski definition) is 4. The van der Waals surface area contributed by atoms with E-state index in [0.717, 1.165) is 23.5 Å². The molecule has 2 unspecified atom stereocenters. The van der Waals surface area contributed by atoms with Crippen molar-refractivity contribution in [2.75, 3.05) is 18.5 Å². The first-order valence-electron chi connectivity index (χ1n) is 8.55. The number of aliphatic hydroxyl groups excluding tert-OH is 1. The summed E-state index contributed by atoms with van der Waals surface area (Å²) >= 11 is 0.997. The minimum atomic E-state index is -1.03. The molecular weight excluding hydrogens is 401 g/mol. The summed E-state index contributed by atoms with van der Waals surface area (Å²) < 4.78 is 18.6. The predicted octanol–water partition coefficient (Wildman–Crippen LogP) is 0.716. The minimum absolute atomic E-state index is 0.00775. The summed E-state index contributed by atoms with van der Waals surface area (Å²) in [6.07, 6.45) is 1.23. The third kappa shape index (κ3) is 5.42. The third-order valence-corrected chi connectivity index (χ3v) is 4.84. The Kier molecular flexibility index (Phi) is 6.62. The number of hydrogen-bond acceptors (Lipinski definition) is 8. The molecule has 1 aromatic heterocycles. The summed E-state index contributed by atoms with van der Waals surface area (Å²) in [6.45, 7) is 0.387. The van der Waals surface area contributed by atoms with Gasteiger partial charge in [-0.05, 0) is 42.1 Å². The number of rotatable bonds is 7. The highest BCUT2D eigenvalue weighted by Crippen LogP contribution is 2.27. The number of carbonyl (C=O) groups is 2. The van der Waals surface area contributed by atoms with Crippen molar-refractivity contribution in [3.05, 3.63) is 54.1 Å². The van der Waals surface area contributed by atoms with E-state index in [1.807, 2.05) is 0 Å². The summed E-state index contributed by atoms with van der Waals surface area (Å²) in [5.74, 6) is -1.72. The molecule has 5 N–H and O–H groups in total. The molecule has 2 amide bonds. The van der Waals surface area contributed by atoms with Gasteiger partial charge in [-0.25, -0.2) is 9.98 Å². The maximum Gasteiger partial charge on any atom is 0.254 e. The lowest BCUT2D eigenvalue weighted by Crippen LogP contribution is -2.44. The number of nitrogens with zero attached hydrogens (tertiary/aromatic N) is 2. The molecule has 0 aliphatic carbocycles. The van der Waals surface area contributed by atoms with E-state index in [1.54, 1.807) is 24.3 Å². The lowest BCUT2D eigenvalue weighted by atomic mass is 10.2. The van der Waals surface area contributed by atoms with Crippen LogP contribution in [0.15, 0.2) is 47.6 Å². The number of primary amides is 1. The zero-order chi connectivity index (χ0) is 20.8. The van der Waals surface area contributed by atoms with Gasteiger partial charge in [-0.3, -0.25) is 9.59 Å². The van der Waals surface area contributed by atoms with E-state index in [-0.39, 0.29) is 17.6 Å². The lowest BCUT2D eigenvalue weighted by molar-refractivity contribution is -0.119. The first-order valence-corrected chi connectivity index (χ1v) is 9.43. The van der Waals surface area contributed by atoms with E-state index in [1.165, 1.54) is 12.3 Å². The molecule has 0 saturated heterocycles. The van der Waals surface area contributed by atoms with Crippen LogP contribution in [0.2, 0.25) is 0 Å². The molecule has 0 saturated carbocycles. The molecule has 2 atom stereocenters. The Hall–Kier alpha value is -3.18. The Balaban J connectivity index is 1.65. The van der Waals surface area contributed by atoms with Gasteiger partial charge in [-0.2, -0.15) is 4.39 Å². The van der Waals surface area contributed by atoms with Crippen LogP contribution in [0.3, 0.4) is 0 Å². The van der Waals surface area contributed by atoms with E-state index < -0.39 is 29.2 Å². The molecule has 0 fully saturated rings. The van der Waals surface area contributed by atoms with E-state index in [0.29, 0.717) is 12.1 Å². The van der Waals surface area contributed by atoms with Gasteiger partial charge in [-0.15, -0.1) is 0 Å². The van der Waals surface area contributed by atoms with Crippen LogP contribution in [0.4, 0.5) is 10.1 Å². The monoisotopic (exact) mass is 419 g/mol.